The van der Waals surface area contributed by atoms with E-state index in [4.69, 9.17) is 22.1 Å². The van der Waals surface area contributed by atoms with E-state index in [0.29, 0.717) is 16.6 Å². The monoisotopic (exact) mass is 290 g/mol. The number of nitrogens with two attached hydrogens (primary N) is 1. The Balaban J connectivity index is 2.30. The Morgan fingerprint density at radius 3 is 2.45 bits per heavy atom. The third-order valence-corrected chi connectivity index (χ3v) is 3.35. The number of hydrogen-bond donors (Lipinski definition) is 1. The Kier molecular flexibility index (Phi) is 3.91. The van der Waals surface area contributed by atoms with Gasteiger partial charge in [0.15, 0.2) is 0 Å². The Labute approximate surface area is 124 Å². The van der Waals surface area contributed by atoms with Crippen LogP contribution in [0.2, 0.25) is 5.02 Å². The highest BCUT2D eigenvalue weighted by atomic mass is 35.5. The van der Waals surface area contributed by atoms with Gasteiger partial charge in [0.1, 0.15) is 10.8 Å². The normalized spacial score (nSPS) is 11.4. The molecular formula is C16H19ClN2O. The van der Waals surface area contributed by atoms with Crippen LogP contribution in [0.15, 0.2) is 30.5 Å². The second kappa shape index (κ2) is 5.33. The van der Waals surface area contributed by atoms with E-state index in [1.165, 1.54) is 11.8 Å². The summed E-state index contributed by atoms with van der Waals surface area (Å²) in [5, 5.41) is 0.407. The molecule has 0 bridgehead atoms. The molecule has 0 spiro atoms. The molecule has 20 heavy (non-hydrogen) atoms. The quantitative estimate of drug-likeness (QED) is 0.871. The molecule has 1 aromatic heterocycles. The van der Waals surface area contributed by atoms with Crippen molar-refractivity contribution in [2.45, 2.75) is 33.1 Å². The van der Waals surface area contributed by atoms with Gasteiger partial charge in [0, 0.05) is 0 Å². The second-order valence-corrected chi connectivity index (χ2v) is 6.30. The van der Waals surface area contributed by atoms with E-state index in [0.717, 1.165) is 11.3 Å². The number of hydrogen-bond acceptors (Lipinski definition) is 3. The van der Waals surface area contributed by atoms with Crippen molar-refractivity contribution in [1.82, 2.24) is 4.98 Å². The summed E-state index contributed by atoms with van der Waals surface area (Å²) in [5.74, 6) is 1.12. The third-order valence-electron chi connectivity index (χ3n) is 3.08. The number of anilines is 1. The maximum Gasteiger partial charge on any atom is 0.238 e. The van der Waals surface area contributed by atoms with Crippen LogP contribution >= 0.6 is 11.6 Å². The minimum absolute atomic E-state index is 0.111. The molecule has 1 aromatic carbocycles. The first-order chi connectivity index (χ1) is 9.27. The number of aryl methyl sites for hydroxylation is 1. The topological polar surface area (TPSA) is 48.1 Å². The van der Waals surface area contributed by atoms with Gasteiger partial charge < -0.3 is 10.5 Å². The zero-order valence-corrected chi connectivity index (χ0v) is 13.0. The summed E-state index contributed by atoms with van der Waals surface area (Å²) in [6.45, 7) is 8.55. The average Bonchev–Trinajstić information content (AvgIpc) is 2.33. The zero-order chi connectivity index (χ0) is 14.9. The van der Waals surface area contributed by atoms with Crippen LogP contribution in [0.4, 0.5) is 5.69 Å². The summed E-state index contributed by atoms with van der Waals surface area (Å²) in [4.78, 5) is 4.11. The molecule has 106 valence electrons. The Morgan fingerprint density at radius 1 is 1.20 bits per heavy atom. The highest BCUT2D eigenvalue weighted by molar-refractivity contribution is 6.32. The molecule has 0 aliphatic heterocycles. The van der Waals surface area contributed by atoms with Gasteiger partial charge in [-0.25, -0.2) is 4.98 Å². The van der Waals surface area contributed by atoms with Crippen molar-refractivity contribution >= 4 is 17.3 Å². The molecule has 2 aromatic rings. The van der Waals surface area contributed by atoms with Crippen LogP contribution in [-0.2, 0) is 5.41 Å². The Hall–Kier alpha value is -1.74. The molecule has 2 rings (SSSR count). The predicted molar refractivity (Wildman–Crippen MR) is 83.6 cm³/mol. The second-order valence-electron chi connectivity index (χ2n) is 5.89. The van der Waals surface area contributed by atoms with Gasteiger partial charge in [-0.05, 0) is 35.6 Å². The van der Waals surface area contributed by atoms with Gasteiger partial charge in [0.25, 0.3) is 0 Å². The van der Waals surface area contributed by atoms with Crippen molar-refractivity contribution < 1.29 is 4.74 Å². The smallest absolute Gasteiger partial charge is 0.238 e. The fourth-order valence-electron chi connectivity index (χ4n) is 1.85. The van der Waals surface area contributed by atoms with Crippen LogP contribution in [0.5, 0.6) is 11.6 Å². The maximum absolute atomic E-state index is 6.07. The van der Waals surface area contributed by atoms with Crippen LogP contribution in [0, 0.1) is 6.92 Å². The van der Waals surface area contributed by atoms with Gasteiger partial charge >= 0.3 is 0 Å². The van der Waals surface area contributed by atoms with Crippen LogP contribution in [0.1, 0.15) is 31.9 Å². The fourth-order valence-corrected chi connectivity index (χ4v) is 2.06. The van der Waals surface area contributed by atoms with Crippen LogP contribution in [0.25, 0.3) is 0 Å². The minimum Gasteiger partial charge on any atom is -0.437 e. The van der Waals surface area contributed by atoms with Gasteiger partial charge in [-0.3, -0.25) is 0 Å². The lowest BCUT2D eigenvalue weighted by atomic mass is 9.86. The molecule has 3 nitrogen and oxygen atoms in total. The molecule has 0 radical (unpaired) electrons. The maximum atomic E-state index is 6.07. The standard InChI is InChI=1S/C16H19ClN2O/c1-10-7-11(16(2,3)4)5-6-14(10)20-15-13(17)8-12(18)9-19-15/h5-9H,18H2,1-4H3. The molecule has 0 unspecified atom stereocenters. The van der Waals surface area contributed by atoms with E-state index in [1.807, 2.05) is 13.0 Å². The third kappa shape index (κ3) is 3.23. The Bertz CT molecular complexity index is 633. The number of pyridine rings is 1. The van der Waals surface area contributed by atoms with Gasteiger partial charge in [0.2, 0.25) is 5.88 Å². The number of rotatable bonds is 2. The zero-order valence-electron chi connectivity index (χ0n) is 12.2. The lowest BCUT2D eigenvalue weighted by Gasteiger charge is -2.20. The van der Waals surface area contributed by atoms with Crippen molar-refractivity contribution in [2.75, 3.05) is 5.73 Å². The van der Waals surface area contributed by atoms with Gasteiger partial charge in [-0.2, -0.15) is 0 Å². The van der Waals surface area contributed by atoms with Gasteiger partial charge in [0.05, 0.1) is 11.9 Å². The van der Waals surface area contributed by atoms with Gasteiger partial charge in [-0.1, -0.05) is 44.5 Å². The molecule has 0 saturated heterocycles. The van der Waals surface area contributed by atoms with Crippen molar-refractivity contribution in [1.29, 1.82) is 0 Å². The lowest BCUT2D eigenvalue weighted by molar-refractivity contribution is 0.459. The first-order valence-corrected chi connectivity index (χ1v) is 6.85. The highest BCUT2D eigenvalue weighted by Crippen LogP contribution is 2.32. The number of aromatic nitrogens is 1. The molecule has 0 amide bonds. The summed E-state index contributed by atoms with van der Waals surface area (Å²) in [6, 6.07) is 7.76. The lowest BCUT2D eigenvalue weighted by Crippen LogP contribution is -2.11. The number of nitrogen functional groups attached to an aromatic ring is 1. The van der Waals surface area contributed by atoms with Gasteiger partial charge in [-0.15, -0.1) is 0 Å². The SMILES string of the molecule is Cc1cc(C(C)(C)C)ccc1Oc1ncc(N)cc1Cl. The predicted octanol–water partition coefficient (Wildman–Crippen LogP) is 4.72. The number of halogens is 1. The molecule has 4 heteroatoms. The molecule has 0 aliphatic rings. The minimum atomic E-state index is 0.111. The molecule has 2 N–H and O–H groups in total. The van der Waals surface area contributed by atoms with Crippen molar-refractivity contribution in [3.63, 3.8) is 0 Å². The van der Waals surface area contributed by atoms with E-state index in [9.17, 15) is 0 Å². The Morgan fingerprint density at radius 2 is 1.90 bits per heavy atom. The molecule has 1 heterocycles. The van der Waals surface area contributed by atoms with E-state index in [1.54, 1.807) is 6.07 Å². The van der Waals surface area contributed by atoms with Crippen molar-refractivity contribution in [3.05, 3.63) is 46.6 Å². The summed E-state index contributed by atoms with van der Waals surface area (Å²) in [6.07, 6.45) is 1.53. The highest BCUT2D eigenvalue weighted by Gasteiger charge is 2.15. The van der Waals surface area contributed by atoms with E-state index < -0.39 is 0 Å². The number of nitrogens with zero attached hydrogens (tertiary/aromatic N) is 1. The molecule has 0 saturated carbocycles. The first-order valence-electron chi connectivity index (χ1n) is 6.47. The molecule has 0 fully saturated rings. The summed E-state index contributed by atoms with van der Waals surface area (Å²) >= 11 is 6.07. The summed E-state index contributed by atoms with van der Waals surface area (Å²) < 4.78 is 5.76. The van der Waals surface area contributed by atoms with Crippen molar-refractivity contribution in [3.8, 4) is 11.6 Å². The van der Waals surface area contributed by atoms with Crippen LogP contribution < -0.4 is 10.5 Å². The molecule has 0 atom stereocenters. The summed E-state index contributed by atoms with van der Waals surface area (Å²) in [7, 11) is 0. The molecule has 0 aliphatic carbocycles. The average molecular weight is 291 g/mol. The number of benzene rings is 1. The fraction of sp³-hybridized carbons (Fsp3) is 0.312. The largest absolute Gasteiger partial charge is 0.437 e. The van der Waals surface area contributed by atoms with E-state index in [-0.39, 0.29) is 5.41 Å². The van der Waals surface area contributed by atoms with E-state index >= 15 is 0 Å². The van der Waals surface area contributed by atoms with Crippen LogP contribution in [-0.4, -0.2) is 4.98 Å². The number of ether oxygens (including phenoxy) is 1. The van der Waals surface area contributed by atoms with Crippen molar-refractivity contribution in [2.24, 2.45) is 0 Å². The molecular weight excluding hydrogens is 272 g/mol. The first kappa shape index (κ1) is 14.7. The summed E-state index contributed by atoms with van der Waals surface area (Å²) in [5.41, 5.74) is 8.55. The van der Waals surface area contributed by atoms with Crippen LogP contribution in [0.3, 0.4) is 0 Å². The van der Waals surface area contributed by atoms with E-state index in [2.05, 4.69) is 37.9 Å².